The number of fused-ring (bicyclic) bond motifs is 1. The molecule has 9 heteroatoms. The van der Waals surface area contributed by atoms with Gasteiger partial charge in [0.25, 0.3) is 10.0 Å². The highest BCUT2D eigenvalue weighted by Gasteiger charge is 2.36. The van der Waals surface area contributed by atoms with Crippen LogP contribution in [0.5, 0.6) is 5.75 Å². The SMILES string of the molecule is COc1ccc2c(c1)N(C)CC(C)N2S(=O)(=O)c1ccc(N2C[C@H](O)CC2=O)cc1. The molecule has 0 bridgehead atoms. The van der Waals surface area contributed by atoms with Crippen LogP contribution in [-0.4, -0.2) is 58.8 Å². The second-order valence-corrected chi connectivity index (χ2v) is 9.56. The van der Waals surface area contributed by atoms with E-state index in [4.69, 9.17) is 4.74 Å². The Morgan fingerprint density at radius 1 is 1.07 bits per heavy atom. The standard InChI is InChI=1S/C21H25N3O5S/c1-14-12-22(2)20-11-17(29-3)6-9-19(20)24(14)30(27,28)18-7-4-15(5-8-18)23-13-16(25)10-21(23)26/h4-9,11,14,16,25H,10,12-13H2,1-3H3/t14?,16-/m1/s1. The molecule has 30 heavy (non-hydrogen) atoms. The van der Waals surface area contributed by atoms with E-state index in [2.05, 4.69) is 0 Å². The molecule has 160 valence electrons. The maximum Gasteiger partial charge on any atom is 0.264 e. The molecule has 2 aromatic rings. The van der Waals surface area contributed by atoms with Gasteiger partial charge in [-0.15, -0.1) is 0 Å². The Morgan fingerprint density at radius 3 is 2.37 bits per heavy atom. The first-order valence-electron chi connectivity index (χ1n) is 9.74. The quantitative estimate of drug-likeness (QED) is 0.794. The van der Waals surface area contributed by atoms with Gasteiger partial charge in [0.05, 0.1) is 48.5 Å². The second-order valence-electron chi connectivity index (χ2n) is 7.74. The van der Waals surface area contributed by atoms with Gasteiger partial charge in [-0.3, -0.25) is 9.10 Å². The van der Waals surface area contributed by atoms with Gasteiger partial charge in [-0.25, -0.2) is 8.42 Å². The fourth-order valence-electron chi connectivity index (χ4n) is 4.14. The molecule has 4 rings (SSSR count). The smallest absolute Gasteiger partial charge is 0.264 e. The highest BCUT2D eigenvalue weighted by molar-refractivity contribution is 7.92. The number of sulfonamides is 1. The number of amides is 1. The summed E-state index contributed by atoms with van der Waals surface area (Å²) in [5, 5.41) is 9.69. The van der Waals surface area contributed by atoms with Gasteiger partial charge < -0.3 is 19.6 Å². The monoisotopic (exact) mass is 431 g/mol. The van der Waals surface area contributed by atoms with Crippen LogP contribution in [0.3, 0.4) is 0 Å². The van der Waals surface area contributed by atoms with Gasteiger partial charge in [-0.1, -0.05) is 0 Å². The number of carbonyl (C=O) groups excluding carboxylic acids is 1. The summed E-state index contributed by atoms with van der Waals surface area (Å²) in [6.07, 6.45) is -0.611. The number of β-amino-alcohol motifs (C(OH)–C–C–N with tert-alkyl or cyclic N) is 1. The van der Waals surface area contributed by atoms with Gasteiger partial charge >= 0.3 is 0 Å². The lowest BCUT2D eigenvalue weighted by molar-refractivity contribution is -0.117. The average molecular weight is 432 g/mol. The number of benzene rings is 2. The Bertz CT molecular complexity index is 1070. The molecule has 2 heterocycles. The van der Waals surface area contributed by atoms with Crippen molar-refractivity contribution in [3.8, 4) is 5.75 Å². The van der Waals surface area contributed by atoms with Crippen molar-refractivity contribution in [3.63, 3.8) is 0 Å². The molecule has 2 aliphatic heterocycles. The first kappa shape index (κ1) is 20.5. The Hall–Kier alpha value is -2.78. The Morgan fingerprint density at radius 2 is 1.77 bits per heavy atom. The molecule has 2 aliphatic rings. The van der Waals surface area contributed by atoms with Crippen LogP contribution in [-0.2, 0) is 14.8 Å². The third kappa shape index (κ3) is 3.37. The predicted molar refractivity (Wildman–Crippen MR) is 115 cm³/mol. The lowest BCUT2D eigenvalue weighted by atomic mass is 10.1. The van der Waals surface area contributed by atoms with E-state index in [9.17, 15) is 18.3 Å². The highest BCUT2D eigenvalue weighted by Crippen LogP contribution is 2.40. The number of aliphatic hydroxyl groups is 1. The van der Waals surface area contributed by atoms with Crippen LogP contribution in [0.25, 0.3) is 0 Å². The van der Waals surface area contributed by atoms with Gasteiger partial charge in [0.2, 0.25) is 5.91 Å². The summed E-state index contributed by atoms with van der Waals surface area (Å²) in [5.41, 5.74) is 1.95. The molecular formula is C21H25N3O5S. The van der Waals surface area contributed by atoms with Gasteiger partial charge in [-0.2, -0.15) is 0 Å². The number of hydrogen-bond acceptors (Lipinski definition) is 6. The van der Waals surface area contributed by atoms with E-state index in [-0.39, 0.29) is 29.8 Å². The summed E-state index contributed by atoms with van der Waals surface area (Å²) >= 11 is 0. The van der Waals surface area contributed by atoms with Crippen molar-refractivity contribution in [3.05, 3.63) is 42.5 Å². The van der Waals surface area contributed by atoms with Crippen LogP contribution < -0.4 is 18.8 Å². The van der Waals surface area contributed by atoms with Crippen molar-refractivity contribution in [2.75, 3.05) is 41.4 Å². The molecule has 0 aliphatic carbocycles. The van der Waals surface area contributed by atoms with Crippen molar-refractivity contribution in [1.82, 2.24) is 0 Å². The molecule has 1 fully saturated rings. The summed E-state index contributed by atoms with van der Waals surface area (Å²) in [5.74, 6) is 0.489. The molecule has 0 radical (unpaired) electrons. The minimum Gasteiger partial charge on any atom is -0.497 e. The van der Waals surface area contributed by atoms with Gasteiger partial charge in [0.1, 0.15) is 5.75 Å². The average Bonchev–Trinajstić information content (AvgIpc) is 3.05. The van der Waals surface area contributed by atoms with E-state index in [0.29, 0.717) is 23.7 Å². The van der Waals surface area contributed by atoms with Crippen LogP contribution >= 0.6 is 0 Å². The largest absolute Gasteiger partial charge is 0.497 e. The summed E-state index contributed by atoms with van der Waals surface area (Å²) < 4.78 is 33.8. The molecule has 8 nitrogen and oxygen atoms in total. The summed E-state index contributed by atoms with van der Waals surface area (Å²) in [7, 11) is -0.317. The Labute approximate surface area is 176 Å². The van der Waals surface area contributed by atoms with E-state index in [1.54, 1.807) is 31.4 Å². The fraction of sp³-hybridized carbons (Fsp3) is 0.381. The molecule has 0 aromatic heterocycles. The lowest BCUT2D eigenvalue weighted by Gasteiger charge is -2.41. The molecule has 2 atom stereocenters. The summed E-state index contributed by atoms with van der Waals surface area (Å²) in [6.45, 7) is 2.63. The molecule has 1 unspecified atom stereocenters. The number of aliphatic hydroxyl groups excluding tert-OH is 1. The first-order valence-corrected chi connectivity index (χ1v) is 11.2. The maximum atomic E-state index is 13.5. The van der Waals surface area contributed by atoms with Crippen molar-refractivity contribution >= 4 is 33.0 Å². The van der Waals surface area contributed by atoms with Crippen LogP contribution in [0.4, 0.5) is 17.1 Å². The molecule has 2 aromatic carbocycles. The number of hydrogen-bond donors (Lipinski definition) is 1. The number of rotatable bonds is 4. The second kappa shape index (κ2) is 7.48. The number of nitrogens with zero attached hydrogens (tertiary/aromatic N) is 3. The first-order chi connectivity index (χ1) is 14.2. The van der Waals surface area contributed by atoms with Crippen molar-refractivity contribution < 1.29 is 23.1 Å². The minimum atomic E-state index is -3.82. The zero-order chi connectivity index (χ0) is 21.6. The predicted octanol–water partition coefficient (Wildman–Crippen LogP) is 1.83. The Kier molecular flexibility index (Phi) is 5.11. The van der Waals surface area contributed by atoms with Gasteiger partial charge in [0, 0.05) is 25.3 Å². The van der Waals surface area contributed by atoms with Gasteiger partial charge in [-0.05, 0) is 43.3 Å². The number of ether oxygens (including phenoxy) is 1. The fourth-order valence-corrected chi connectivity index (χ4v) is 5.81. The molecule has 0 saturated carbocycles. The van der Waals surface area contributed by atoms with E-state index in [1.165, 1.54) is 21.3 Å². The molecule has 1 saturated heterocycles. The van der Waals surface area contributed by atoms with E-state index < -0.39 is 16.1 Å². The summed E-state index contributed by atoms with van der Waals surface area (Å²) in [4.78, 5) is 15.6. The molecule has 0 spiro atoms. The van der Waals surface area contributed by atoms with Crippen LogP contribution in [0.1, 0.15) is 13.3 Å². The normalized spacial score (nSPS) is 21.7. The van der Waals surface area contributed by atoms with Crippen molar-refractivity contribution in [1.29, 1.82) is 0 Å². The van der Waals surface area contributed by atoms with Gasteiger partial charge in [0.15, 0.2) is 0 Å². The van der Waals surface area contributed by atoms with Crippen LogP contribution in [0, 0.1) is 0 Å². The minimum absolute atomic E-state index is 0.0824. The third-order valence-corrected chi connectivity index (χ3v) is 7.52. The third-order valence-electron chi connectivity index (χ3n) is 5.58. The lowest BCUT2D eigenvalue weighted by Crippen LogP contribution is -2.49. The molecule has 1 N–H and O–H groups in total. The number of likely N-dealkylation sites (N-methyl/N-ethyl adjacent to an activating group) is 1. The van der Waals surface area contributed by atoms with E-state index >= 15 is 0 Å². The Balaban J connectivity index is 1.70. The number of methoxy groups -OCH3 is 1. The van der Waals surface area contributed by atoms with E-state index in [0.717, 1.165) is 5.69 Å². The maximum absolute atomic E-state index is 13.5. The van der Waals surface area contributed by atoms with Crippen molar-refractivity contribution in [2.24, 2.45) is 0 Å². The number of carbonyl (C=O) groups is 1. The number of anilines is 3. The molecule has 1 amide bonds. The summed E-state index contributed by atoms with van der Waals surface area (Å²) in [6, 6.07) is 11.3. The zero-order valence-corrected chi connectivity index (χ0v) is 18.0. The van der Waals surface area contributed by atoms with Crippen LogP contribution in [0.15, 0.2) is 47.4 Å². The van der Waals surface area contributed by atoms with Crippen molar-refractivity contribution in [2.45, 2.75) is 30.4 Å². The van der Waals surface area contributed by atoms with E-state index in [1.807, 2.05) is 24.9 Å². The topological polar surface area (TPSA) is 90.4 Å². The van der Waals surface area contributed by atoms with Crippen LogP contribution in [0.2, 0.25) is 0 Å². The highest BCUT2D eigenvalue weighted by atomic mass is 32.2. The zero-order valence-electron chi connectivity index (χ0n) is 17.1. The molecular weight excluding hydrogens is 406 g/mol.